The van der Waals surface area contributed by atoms with Crippen LogP contribution in [0.5, 0.6) is 0 Å². The lowest BCUT2D eigenvalue weighted by Gasteiger charge is -2.22. The van der Waals surface area contributed by atoms with Crippen molar-refractivity contribution in [2.75, 3.05) is 19.0 Å². The van der Waals surface area contributed by atoms with Gasteiger partial charge in [-0.25, -0.2) is 28.3 Å². The number of nitrogens with zero attached hydrogens (tertiary/aromatic N) is 2. The van der Waals surface area contributed by atoms with E-state index in [2.05, 4.69) is 24.1 Å². The van der Waals surface area contributed by atoms with E-state index in [9.17, 15) is 43.0 Å². The number of aromatic amines is 2. The van der Waals surface area contributed by atoms with Crippen molar-refractivity contribution in [3.8, 4) is 0 Å². The number of aliphatic hydroxyl groups is 1. The third-order valence-corrected chi connectivity index (χ3v) is 9.83. The number of aliphatic hydroxyl groups excluding tert-OH is 1. The summed E-state index contributed by atoms with van der Waals surface area (Å²) in [5, 5.41) is 13.8. The summed E-state index contributed by atoms with van der Waals surface area (Å²) in [7, 11) is -15.0. The largest absolute Gasteiger partial charge is 0.480 e. The Kier molecular flexibility index (Phi) is 9.06. The summed E-state index contributed by atoms with van der Waals surface area (Å²) in [5.41, 5.74) is -1.89. The predicted molar refractivity (Wildman–Crippen MR) is 138 cm³/mol. The second-order valence-electron chi connectivity index (χ2n) is 8.49. The van der Waals surface area contributed by atoms with Crippen molar-refractivity contribution in [2.45, 2.75) is 24.5 Å². The van der Waals surface area contributed by atoms with E-state index in [-0.39, 0.29) is 16.7 Å². The minimum absolute atomic E-state index is 0.0375. The number of hydrogen-bond donors (Lipinski definition) is 9. The van der Waals surface area contributed by atoms with Crippen molar-refractivity contribution >= 4 is 46.1 Å². The molecule has 0 spiro atoms. The molecule has 0 amide bonds. The van der Waals surface area contributed by atoms with E-state index in [0.717, 1.165) is 15.8 Å². The van der Waals surface area contributed by atoms with Gasteiger partial charge in [-0.15, -0.1) is 4.86 Å². The summed E-state index contributed by atoms with van der Waals surface area (Å²) in [6, 6.07) is 6.14. The molecule has 21 nitrogen and oxygen atoms in total. The van der Waals surface area contributed by atoms with Crippen molar-refractivity contribution in [1.29, 1.82) is 0 Å². The molecule has 0 bridgehead atoms. The number of rotatable bonds is 11. The maximum Gasteiger partial charge on any atom is 0.480 e. The zero-order valence-electron chi connectivity index (χ0n) is 21.0. The van der Waals surface area contributed by atoms with E-state index in [4.69, 9.17) is 19.3 Å². The molecule has 1 aliphatic rings. The number of phosphoric acid groups is 1. The molecule has 1 saturated heterocycles. The number of phosphoric ester groups is 1. The Hall–Kier alpha value is -3.03. The van der Waals surface area contributed by atoms with Crippen molar-refractivity contribution in [3.63, 3.8) is 0 Å². The number of aromatic nitrogens is 4. The average Bonchev–Trinajstić information content (AvgIpc) is 3.41. The minimum Gasteiger partial charge on any atom is -0.451 e. The highest BCUT2D eigenvalue weighted by Crippen LogP contribution is 2.61. The van der Waals surface area contributed by atoms with Gasteiger partial charge in [-0.05, 0) is 12.1 Å². The molecule has 0 aliphatic carbocycles. The molecule has 6 atom stereocenters. The first-order valence-corrected chi connectivity index (χ1v) is 16.1. The van der Waals surface area contributed by atoms with Crippen LogP contribution in [0.3, 0.4) is 0 Å². The van der Waals surface area contributed by atoms with E-state index < -0.39 is 71.7 Å². The zero-order chi connectivity index (χ0) is 31.0. The van der Waals surface area contributed by atoms with Gasteiger partial charge in [0.05, 0.1) is 18.5 Å². The summed E-state index contributed by atoms with van der Waals surface area (Å²) in [5.74, 6) is -0.962. The van der Waals surface area contributed by atoms with Gasteiger partial charge in [0.1, 0.15) is 17.9 Å². The standard InChI is InChI=1S/C18H23N6O15P3/c1-19-9-5-3-2-4-8(9)17(27)38-13-12(25)10(6-36-42(34,35)39-41(32,33)23-40(29,30)31)37-16(13)24-7-20-11-14(24)21-18(28)22-15(11)26/h2-5,7,10,12-13,16,19,25H,6H2,1H3,(H,34,35)(H2,21,22,26,28)(H4,23,29,30,31,32,33)/t10-,12-,13-,16-/m1/s1. The maximum absolute atomic E-state index is 13.1. The van der Waals surface area contributed by atoms with Gasteiger partial charge in [0.25, 0.3) is 5.56 Å². The number of ether oxygens (including phenoxy) is 2. The van der Waals surface area contributed by atoms with E-state index in [1.807, 2.05) is 4.98 Å². The van der Waals surface area contributed by atoms with Gasteiger partial charge < -0.3 is 39.5 Å². The van der Waals surface area contributed by atoms with Crippen LogP contribution in [0.4, 0.5) is 5.69 Å². The normalized spacial score (nSPS) is 23.8. The van der Waals surface area contributed by atoms with Crippen molar-refractivity contribution in [3.05, 3.63) is 57.0 Å². The van der Waals surface area contributed by atoms with Crippen LogP contribution in [0.25, 0.3) is 11.2 Å². The fourth-order valence-electron chi connectivity index (χ4n) is 3.93. The van der Waals surface area contributed by atoms with Crippen LogP contribution in [0.2, 0.25) is 0 Å². The Balaban J connectivity index is 1.63. The molecule has 42 heavy (non-hydrogen) atoms. The van der Waals surface area contributed by atoms with Crippen LogP contribution in [0.15, 0.2) is 40.2 Å². The number of carbonyl (C=O) groups is 1. The van der Waals surface area contributed by atoms with E-state index in [1.54, 1.807) is 12.1 Å². The Morgan fingerprint density at radius 1 is 1.14 bits per heavy atom. The summed E-state index contributed by atoms with van der Waals surface area (Å²) in [6.45, 7) is -1.08. The van der Waals surface area contributed by atoms with Crippen molar-refractivity contribution in [1.82, 2.24) is 24.4 Å². The molecule has 9 N–H and O–H groups in total. The number of anilines is 1. The molecule has 230 valence electrons. The molecule has 1 aliphatic heterocycles. The zero-order valence-corrected chi connectivity index (χ0v) is 23.6. The van der Waals surface area contributed by atoms with Crippen molar-refractivity contribution in [2.24, 2.45) is 0 Å². The summed E-state index contributed by atoms with van der Waals surface area (Å²) in [6.07, 6.45) is -5.65. The molecule has 1 fully saturated rings. The lowest BCUT2D eigenvalue weighted by molar-refractivity contribution is -0.0557. The SMILES string of the molecule is CNc1ccccc1C(=O)O[C@@H]1[C@H](O)[C@@H](COP(=O)(O)OP(=O)(O)NP(=O)(O)O)O[C@H]1n1cnc2c(=O)[nH]c(=O)[nH]c21. The summed E-state index contributed by atoms with van der Waals surface area (Å²) < 4.78 is 55.6. The Labute approximate surface area is 232 Å². The molecule has 3 heterocycles. The first kappa shape index (κ1) is 31.9. The lowest BCUT2D eigenvalue weighted by atomic mass is 10.1. The van der Waals surface area contributed by atoms with Crippen LogP contribution in [0, 0.1) is 0 Å². The van der Waals surface area contributed by atoms with Gasteiger partial charge in [0.2, 0.25) is 0 Å². The number of carbonyl (C=O) groups excluding carboxylic acids is 1. The quantitative estimate of drug-likeness (QED) is 0.0869. The molecule has 3 aromatic rings. The Morgan fingerprint density at radius 3 is 2.50 bits per heavy atom. The molecule has 4 rings (SSSR count). The van der Waals surface area contributed by atoms with Crippen LogP contribution < -0.4 is 21.4 Å². The first-order valence-electron chi connectivity index (χ1n) is 11.4. The van der Waals surface area contributed by atoms with Gasteiger partial charge in [-0.3, -0.25) is 23.9 Å². The predicted octanol–water partition coefficient (Wildman–Crippen LogP) is -1.15. The fourth-order valence-corrected chi connectivity index (χ4v) is 7.37. The van der Waals surface area contributed by atoms with E-state index in [1.165, 1.54) is 19.2 Å². The second kappa shape index (κ2) is 11.9. The van der Waals surface area contributed by atoms with E-state index in [0.29, 0.717) is 5.69 Å². The topological polar surface area (TPSA) is 314 Å². The van der Waals surface area contributed by atoms with Gasteiger partial charge >= 0.3 is 35.0 Å². The molecule has 1 aromatic carbocycles. The third kappa shape index (κ3) is 7.30. The van der Waals surface area contributed by atoms with Crippen LogP contribution in [0.1, 0.15) is 16.6 Å². The highest BCUT2D eigenvalue weighted by molar-refractivity contribution is 7.70. The Morgan fingerprint density at radius 2 is 1.83 bits per heavy atom. The van der Waals surface area contributed by atoms with Gasteiger partial charge in [0, 0.05) is 12.7 Å². The fraction of sp³-hybridized carbons (Fsp3) is 0.333. The number of hydrogen-bond acceptors (Lipinski definition) is 13. The van der Waals surface area contributed by atoms with Crippen LogP contribution >= 0.6 is 23.3 Å². The smallest absolute Gasteiger partial charge is 0.451 e. The third-order valence-electron chi connectivity index (χ3n) is 5.59. The van der Waals surface area contributed by atoms with Gasteiger partial charge in [-0.2, -0.15) is 4.31 Å². The highest BCUT2D eigenvalue weighted by atomic mass is 31.3. The monoisotopic (exact) mass is 656 g/mol. The maximum atomic E-state index is 13.1. The van der Waals surface area contributed by atoms with Crippen LogP contribution in [-0.2, 0) is 32.0 Å². The number of fused-ring (bicyclic) bond motifs is 1. The van der Waals surface area contributed by atoms with Gasteiger partial charge in [0.15, 0.2) is 17.8 Å². The number of para-hydroxylation sites is 1. The minimum atomic E-state index is -5.58. The number of imidazole rings is 1. The molecule has 2 unspecified atom stereocenters. The van der Waals surface area contributed by atoms with Crippen molar-refractivity contribution < 1.29 is 61.5 Å². The molecule has 0 saturated carbocycles. The van der Waals surface area contributed by atoms with Crippen LogP contribution in [-0.4, -0.2) is 82.1 Å². The number of nitrogens with one attached hydrogen (secondary N) is 4. The lowest BCUT2D eigenvalue weighted by Crippen LogP contribution is -2.37. The van der Waals surface area contributed by atoms with E-state index >= 15 is 0 Å². The Bertz CT molecular complexity index is 1750. The second-order valence-corrected chi connectivity index (χ2v) is 13.3. The molecular weight excluding hydrogens is 633 g/mol. The first-order chi connectivity index (χ1) is 19.5. The molecular formula is C18H23N6O15P3. The number of benzene rings is 1. The number of esters is 1. The average molecular weight is 656 g/mol. The van der Waals surface area contributed by atoms with Gasteiger partial charge in [-0.1, -0.05) is 12.1 Å². The summed E-state index contributed by atoms with van der Waals surface area (Å²) in [4.78, 5) is 82.9. The number of H-pyrrole nitrogens is 2. The highest BCUT2D eigenvalue weighted by Gasteiger charge is 2.49. The molecule has 24 heteroatoms. The summed E-state index contributed by atoms with van der Waals surface area (Å²) >= 11 is 0. The molecule has 2 aromatic heterocycles. The molecule has 0 radical (unpaired) electrons.